The molecule has 0 bridgehead atoms. The molecule has 0 aliphatic rings. The van der Waals surface area contributed by atoms with Crippen molar-refractivity contribution in [3.63, 3.8) is 0 Å². The molecule has 0 radical (unpaired) electrons. The molecular formula is C19H25N2O3+. The summed E-state index contributed by atoms with van der Waals surface area (Å²) in [5.74, 6) is 1.41. The van der Waals surface area contributed by atoms with E-state index in [1.807, 2.05) is 56.4 Å². The van der Waals surface area contributed by atoms with Gasteiger partial charge in [-0.2, -0.15) is 0 Å². The van der Waals surface area contributed by atoms with Crippen LogP contribution in [-0.2, 0) is 11.3 Å². The fourth-order valence-electron chi connectivity index (χ4n) is 2.66. The highest BCUT2D eigenvalue weighted by Gasteiger charge is 2.16. The van der Waals surface area contributed by atoms with Gasteiger partial charge in [0.1, 0.15) is 6.54 Å². The van der Waals surface area contributed by atoms with Crippen LogP contribution in [0.15, 0.2) is 42.5 Å². The van der Waals surface area contributed by atoms with Crippen molar-refractivity contribution in [2.24, 2.45) is 0 Å². The molecule has 5 heteroatoms. The van der Waals surface area contributed by atoms with E-state index in [1.165, 1.54) is 0 Å². The number of hydrogen-bond acceptors (Lipinski definition) is 3. The highest BCUT2D eigenvalue weighted by molar-refractivity contribution is 5.92. The first-order chi connectivity index (χ1) is 11.5. The molecule has 0 spiro atoms. The Bertz CT molecular complexity index is 701. The number of para-hydroxylation sites is 2. The van der Waals surface area contributed by atoms with E-state index in [1.54, 1.807) is 14.2 Å². The number of hydrogen-bond donors (Lipinski definition) is 2. The summed E-state index contributed by atoms with van der Waals surface area (Å²) in [7, 11) is 5.23. The molecule has 2 N–H and O–H groups in total. The number of nitrogens with one attached hydrogen (secondary N) is 2. The molecule has 0 heterocycles. The Morgan fingerprint density at radius 3 is 2.50 bits per heavy atom. The number of rotatable bonds is 7. The first-order valence-corrected chi connectivity index (χ1v) is 7.91. The molecule has 0 saturated heterocycles. The van der Waals surface area contributed by atoms with Gasteiger partial charge in [-0.3, -0.25) is 4.79 Å². The summed E-state index contributed by atoms with van der Waals surface area (Å²) in [5, 5.41) is 2.96. The van der Waals surface area contributed by atoms with E-state index in [2.05, 4.69) is 5.32 Å². The van der Waals surface area contributed by atoms with Crippen LogP contribution < -0.4 is 19.7 Å². The highest BCUT2D eigenvalue weighted by atomic mass is 16.5. The predicted molar refractivity (Wildman–Crippen MR) is 94.8 cm³/mol. The first-order valence-electron chi connectivity index (χ1n) is 7.91. The molecule has 24 heavy (non-hydrogen) atoms. The van der Waals surface area contributed by atoms with Crippen LogP contribution >= 0.6 is 0 Å². The number of quaternary nitrogens is 1. The smallest absolute Gasteiger partial charge is 0.279 e. The van der Waals surface area contributed by atoms with Gasteiger partial charge in [-0.1, -0.05) is 24.3 Å². The highest BCUT2D eigenvalue weighted by Crippen LogP contribution is 2.29. The van der Waals surface area contributed by atoms with Crippen molar-refractivity contribution in [2.45, 2.75) is 13.5 Å². The van der Waals surface area contributed by atoms with Crippen LogP contribution in [0.5, 0.6) is 11.5 Å². The molecule has 128 valence electrons. The van der Waals surface area contributed by atoms with Crippen LogP contribution in [0.1, 0.15) is 11.1 Å². The number of methoxy groups -OCH3 is 2. The average molecular weight is 329 g/mol. The van der Waals surface area contributed by atoms with E-state index in [4.69, 9.17) is 9.47 Å². The Morgan fingerprint density at radius 1 is 1.08 bits per heavy atom. The predicted octanol–water partition coefficient (Wildman–Crippen LogP) is 1.67. The molecule has 2 rings (SSSR count). The maximum Gasteiger partial charge on any atom is 0.279 e. The molecule has 5 nitrogen and oxygen atoms in total. The van der Waals surface area contributed by atoms with Crippen LogP contribution in [0.4, 0.5) is 5.69 Å². The van der Waals surface area contributed by atoms with E-state index in [9.17, 15) is 4.79 Å². The van der Waals surface area contributed by atoms with E-state index in [0.717, 1.165) is 27.5 Å². The molecule has 1 atom stereocenters. The van der Waals surface area contributed by atoms with Crippen molar-refractivity contribution in [1.82, 2.24) is 0 Å². The van der Waals surface area contributed by atoms with Gasteiger partial charge in [0, 0.05) is 5.69 Å². The minimum Gasteiger partial charge on any atom is -0.493 e. The van der Waals surface area contributed by atoms with Gasteiger partial charge in [0.05, 0.1) is 26.8 Å². The van der Waals surface area contributed by atoms with Crippen molar-refractivity contribution < 1.29 is 19.2 Å². The van der Waals surface area contributed by atoms with Crippen LogP contribution in [0.2, 0.25) is 0 Å². The van der Waals surface area contributed by atoms with Crippen molar-refractivity contribution >= 4 is 11.6 Å². The van der Waals surface area contributed by atoms with Gasteiger partial charge in [-0.15, -0.1) is 0 Å². The SMILES string of the molecule is COc1cccc(C[NH+](C)CC(=O)Nc2ccccc2C)c1OC. The fraction of sp³-hybridized carbons (Fsp3) is 0.316. The Morgan fingerprint density at radius 2 is 1.83 bits per heavy atom. The lowest BCUT2D eigenvalue weighted by Crippen LogP contribution is -3.08. The van der Waals surface area contributed by atoms with Crippen LogP contribution in [0.3, 0.4) is 0 Å². The van der Waals surface area contributed by atoms with E-state index >= 15 is 0 Å². The summed E-state index contributed by atoms with van der Waals surface area (Å²) < 4.78 is 10.8. The maximum atomic E-state index is 12.3. The molecule has 0 aromatic heterocycles. The summed E-state index contributed by atoms with van der Waals surface area (Å²) in [4.78, 5) is 13.3. The van der Waals surface area contributed by atoms with Gasteiger partial charge in [-0.05, 0) is 30.7 Å². The third-order valence-electron chi connectivity index (χ3n) is 3.86. The monoisotopic (exact) mass is 329 g/mol. The lowest BCUT2D eigenvalue weighted by molar-refractivity contribution is -0.885. The van der Waals surface area contributed by atoms with Crippen molar-refractivity contribution in [3.8, 4) is 11.5 Å². The van der Waals surface area contributed by atoms with Crippen LogP contribution in [0.25, 0.3) is 0 Å². The molecule has 2 aromatic rings. The van der Waals surface area contributed by atoms with Crippen molar-refractivity contribution in [2.75, 3.05) is 33.1 Å². The number of likely N-dealkylation sites (N-methyl/N-ethyl adjacent to an activating group) is 1. The first kappa shape index (κ1) is 17.8. The minimum absolute atomic E-state index is 0.0105. The molecular weight excluding hydrogens is 304 g/mol. The molecule has 0 aliphatic carbocycles. The number of benzene rings is 2. The molecule has 1 unspecified atom stereocenters. The summed E-state index contributed by atoms with van der Waals surface area (Å²) in [6.07, 6.45) is 0. The van der Waals surface area contributed by atoms with Gasteiger partial charge < -0.3 is 19.7 Å². The zero-order valence-electron chi connectivity index (χ0n) is 14.7. The van der Waals surface area contributed by atoms with Crippen molar-refractivity contribution in [3.05, 3.63) is 53.6 Å². The normalized spacial score (nSPS) is 11.7. The zero-order valence-corrected chi connectivity index (χ0v) is 14.7. The summed E-state index contributed by atoms with van der Waals surface area (Å²) in [6.45, 7) is 3.02. The quantitative estimate of drug-likeness (QED) is 0.812. The number of ether oxygens (including phenoxy) is 2. The Kier molecular flexibility index (Phi) is 6.21. The number of carbonyl (C=O) groups is 1. The molecule has 1 amide bonds. The van der Waals surface area contributed by atoms with Crippen molar-refractivity contribution in [1.29, 1.82) is 0 Å². The lowest BCUT2D eigenvalue weighted by Gasteiger charge is -2.17. The third-order valence-corrected chi connectivity index (χ3v) is 3.86. The molecule has 0 saturated carbocycles. The third kappa shape index (κ3) is 4.49. The largest absolute Gasteiger partial charge is 0.493 e. The Hall–Kier alpha value is -2.53. The van der Waals surface area contributed by atoms with Gasteiger partial charge in [0.2, 0.25) is 0 Å². The average Bonchev–Trinajstić information content (AvgIpc) is 2.56. The maximum absolute atomic E-state index is 12.3. The second kappa shape index (κ2) is 8.36. The summed E-state index contributed by atoms with van der Waals surface area (Å²) >= 11 is 0. The standard InChI is InChI=1S/C19H24N2O3/c1-14-8-5-6-10-16(14)20-18(22)13-21(2)12-15-9-7-11-17(23-3)19(15)24-4/h5-11H,12-13H2,1-4H3,(H,20,22)/p+1. The van der Waals surface area contributed by atoms with Gasteiger partial charge >= 0.3 is 0 Å². The van der Waals surface area contributed by atoms with Crippen LogP contribution in [0, 0.1) is 6.92 Å². The minimum atomic E-state index is -0.0105. The van der Waals surface area contributed by atoms with E-state index in [0.29, 0.717) is 18.8 Å². The molecule has 2 aromatic carbocycles. The zero-order chi connectivity index (χ0) is 17.5. The van der Waals surface area contributed by atoms with Gasteiger partial charge in [-0.25, -0.2) is 0 Å². The number of anilines is 1. The van der Waals surface area contributed by atoms with Gasteiger partial charge in [0.15, 0.2) is 18.0 Å². The summed E-state index contributed by atoms with van der Waals surface area (Å²) in [6, 6.07) is 13.5. The lowest BCUT2D eigenvalue weighted by atomic mass is 10.1. The second-order valence-corrected chi connectivity index (χ2v) is 5.83. The number of carbonyl (C=O) groups excluding carboxylic acids is 1. The topological polar surface area (TPSA) is 52.0 Å². The van der Waals surface area contributed by atoms with Gasteiger partial charge in [0.25, 0.3) is 5.91 Å². The molecule has 0 fully saturated rings. The Labute approximate surface area is 143 Å². The fourth-order valence-corrected chi connectivity index (χ4v) is 2.66. The van der Waals surface area contributed by atoms with E-state index in [-0.39, 0.29) is 5.91 Å². The van der Waals surface area contributed by atoms with Crippen LogP contribution in [-0.4, -0.2) is 33.7 Å². The summed E-state index contributed by atoms with van der Waals surface area (Å²) in [5.41, 5.74) is 2.92. The Balaban J connectivity index is 1.99. The molecule has 0 aliphatic heterocycles. The number of aryl methyl sites for hydroxylation is 1. The number of amides is 1. The second-order valence-electron chi connectivity index (χ2n) is 5.83. The van der Waals surface area contributed by atoms with E-state index < -0.39 is 0 Å².